The Bertz CT molecular complexity index is 664. The summed E-state index contributed by atoms with van der Waals surface area (Å²) in [7, 11) is 0. The van der Waals surface area contributed by atoms with Gasteiger partial charge in [-0.2, -0.15) is 11.8 Å². The van der Waals surface area contributed by atoms with Crippen LogP contribution in [0.4, 0.5) is 0 Å². The summed E-state index contributed by atoms with van der Waals surface area (Å²) in [4.78, 5) is 11.6. The van der Waals surface area contributed by atoms with Crippen LogP contribution in [-0.2, 0) is 4.79 Å². The van der Waals surface area contributed by atoms with E-state index >= 15 is 0 Å². The number of aliphatic carboxylic acids is 1. The Labute approximate surface area is 128 Å². The molecule has 1 saturated heterocycles. The van der Waals surface area contributed by atoms with Gasteiger partial charge in [0.2, 0.25) is 0 Å². The summed E-state index contributed by atoms with van der Waals surface area (Å²) in [6.07, 6.45) is 0.783. The fourth-order valence-electron chi connectivity index (χ4n) is 3.75. The number of benzene rings is 2. The molecule has 2 atom stereocenters. The van der Waals surface area contributed by atoms with E-state index in [2.05, 4.69) is 48.5 Å². The molecule has 2 aliphatic rings. The number of thioether (sulfide) groups is 1. The van der Waals surface area contributed by atoms with Gasteiger partial charge in [0.05, 0.1) is 5.92 Å². The zero-order chi connectivity index (χ0) is 14.4. The molecule has 2 aromatic rings. The van der Waals surface area contributed by atoms with Gasteiger partial charge in [0.25, 0.3) is 0 Å². The molecule has 3 heteroatoms. The fourth-order valence-corrected chi connectivity index (χ4v) is 5.39. The van der Waals surface area contributed by atoms with Crippen molar-refractivity contribution in [3.63, 3.8) is 0 Å². The van der Waals surface area contributed by atoms with Crippen LogP contribution in [0.3, 0.4) is 0 Å². The molecule has 1 heterocycles. The number of rotatable bonds is 2. The molecule has 0 radical (unpaired) electrons. The third kappa shape index (κ3) is 1.91. The second-order valence-electron chi connectivity index (χ2n) is 5.72. The van der Waals surface area contributed by atoms with Gasteiger partial charge < -0.3 is 5.11 Å². The Kier molecular flexibility index (Phi) is 3.03. The molecule has 0 saturated carbocycles. The van der Waals surface area contributed by atoms with Crippen molar-refractivity contribution in [3.05, 3.63) is 59.7 Å². The highest BCUT2D eigenvalue weighted by Gasteiger charge is 2.43. The van der Waals surface area contributed by atoms with Crippen LogP contribution in [0.2, 0.25) is 0 Å². The summed E-state index contributed by atoms with van der Waals surface area (Å²) in [5.74, 6) is 0.278. The van der Waals surface area contributed by atoms with Crippen LogP contribution in [0.15, 0.2) is 48.5 Å². The van der Waals surface area contributed by atoms with E-state index in [4.69, 9.17) is 0 Å². The van der Waals surface area contributed by atoms with Crippen molar-refractivity contribution in [2.45, 2.75) is 17.6 Å². The third-order valence-corrected chi connectivity index (χ3v) is 6.12. The van der Waals surface area contributed by atoms with Crippen LogP contribution in [-0.4, -0.2) is 22.1 Å². The molecule has 4 rings (SSSR count). The largest absolute Gasteiger partial charge is 0.481 e. The van der Waals surface area contributed by atoms with Crippen molar-refractivity contribution >= 4 is 17.7 Å². The van der Waals surface area contributed by atoms with Gasteiger partial charge in [0.15, 0.2) is 0 Å². The van der Waals surface area contributed by atoms with E-state index in [0.717, 1.165) is 12.2 Å². The van der Waals surface area contributed by atoms with Crippen LogP contribution in [0.1, 0.15) is 23.5 Å². The zero-order valence-electron chi connectivity index (χ0n) is 11.5. The van der Waals surface area contributed by atoms with Crippen LogP contribution in [0.5, 0.6) is 0 Å². The molecular weight excluding hydrogens is 280 g/mol. The van der Waals surface area contributed by atoms with Crippen molar-refractivity contribution in [1.82, 2.24) is 0 Å². The lowest BCUT2D eigenvalue weighted by Gasteiger charge is -2.24. The average Bonchev–Trinajstić information content (AvgIpc) is 3.09. The maximum atomic E-state index is 11.6. The molecule has 1 N–H and O–H groups in total. The monoisotopic (exact) mass is 296 g/mol. The number of fused-ring (bicyclic) bond motifs is 3. The molecule has 2 nitrogen and oxygen atoms in total. The van der Waals surface area contributed by atoms with E-state index in [0.29, 0.717) is 0 Å². The van der Waals surface area contributed by atoms with Gasteiger partial charge in [-0.05, 0) is 34.4 Å². The molecule has 2 unspecified atom stereocenters. The minimum Gasteiger partial charge on any atom is -0.481 e. The van der Waals surface area contributed by atoms with Gasteiger partial charge in [0.1, 0.15) is 0 Å². The quantitative estimate of drug-likeness (QED) is 0.910. The Balaban J connectivity index is 1.87. The van der Waals surface area contributed by atoms with Crippen molar-refractivity contribution in [3.8, 4) is 11.1 Å². The van der Waals surface area contributed by atoms with Crippen LogP contribution >= 0.6 is 11.8 Å². The van der Waals surface area contributed by atoms with Crippen LogP contribution in [0.25, 0.3) is 11.1 Å². The molecule has 1 aliphatic carbocycles. The van der Waals surface area contributed by atoms with Gasteiger partial charge in [-0.15, -0.1) is 0 Å². The molecule has 0 amide bonds. The van der Waals surface area contributed by atoms with Crippen molar-refractivity contribution in [1.29, 1.82) is 0 Å². The lowest BCUT2D eigenvalue weighted by molar-refractivity contribution is -0.141. The SMILES string of the molecule is O=C(O)C1CCSC1C1c2ccccc2-c2ccccc21. The minimum absolute atomic E-state index is 0.146. The smallest absolute Gasteiger partial charge is 0.307 e. The first kappa shape index (κ1) is 13.0. The number of carboxylic acids is 1. The summed E-state index contributed by atoms with van der Waals surface area (Å²) >= 11 is 1.82. The Hall–Kier alpha value is -1.74. The highest BCUT2D eigenvalue weighted by Crippen LogP contribution is 2.52. The molecule has 0 bridgehead atoms. The van der Waals surface area contributed by atoms with Gasteiger partial charge in [-0.3, -0.25) is 4.79 Å². The number of hydrogen-bond donors (Lipinski definition) is 1. The summed E-state index contributed by atoms with van der Waals surface area (Å²) in [6, 6.07) is 16.9. The molecular formula is C18H16O2S. The first-order chi connectivity index (χ1) is 10.3. The second kappa shape index (κ2) is 4.92. The maximum Gasteiger partial charge on any atom is 0.307 e. The standard InChI is InChI=1S/C18H16O2S/c19-18(20)15-9-10-21-17(15)16-13-7-3-1-5-11(13)12-6-2-4-8-14(12)16/h1-8,15-17H,9-10H2,(H,19,20). The molecule has 1 fully saturated rings. The number of carboxylic acid groups (broad SMARTS) is 1. The Morgan fingerprint density at radius 3 is 2.14 bits per heavy atom. The first-order valence-electron chi connectivity index (χ1n) is 7.30. The lowest BCUT2D eigenvalue weighted by atomic mass is 9.85. The normalized spacial score (nSPS) is 23.8. The van der Waals surface area contributed by atoms with E-state index in [1.807, 2.05) is 11.8 Å². The van der Waals surface area contributed by atoms with Crippen LogP contribution < -0.4 is 0 Å². The van der Waals surface area contributed by atoms with Crippen LogP contribution in [0, 0.1) is 5.92 Å². The third-order valence-electron chi connectivity index (χ3n) is 4.66. The molecule has 2 aromatic carbocycles. The minimum atomic E-state index is -0.646. The topological polar surface area (TPSA) is 37.3 Å². The van der Waals surface area contributed by atoms with Gasteiger partial charge in [0, 0.05) is 11.2 Å². The summed E-state index contributed by atoms with van der Waals surface area (Å²) in [6.45, 7) is 0. The van der Waals surface area contributed by atoms with E-state index in [1.165, 1.54) is 22.3 Å². The fraction of sp³-hybridized carbons (Fsp3) is 0.278. The van der Waals surface area contributed by atoms with E-state index < -0.39 is 5.97 Å². The molecule has 1 aliphatic heterocycles. The van der Waals surface area contributed by atoms with Gasteiger partial charge in [-0.1, -0.05) is 48.5 Å². The average molecular weight is 296 g/mol. The Morgan fingerprint density at radius 1 is 1.00 bits per heavy atom. The van der Waals surface area contributed by atoms with E-state index in [1.54, 1.807) is 0 Å². The molecule has 0 spiro atoms. The second-order valence-corrected chi connectivity index (χ2v) is 7.01. The Morgan fingerprint density at radius 2 is 1.57 bits per heavy atom. The molecule has 21 heavy (non-hydrogen) atoms. The molecule has 106 valence electrons. The maximum absolute atomic E-state index is 11.6. The summed E-state index contributed by atoms with van der Waals surface area (Å²) in [5.41, 5.74) is 5.14. The van der Waals surface area contributed by atoms with Gasteiger partial charge >= 0.3 is 5.97 Å². The highest BCUT2D eigenvalue weighted by atomic mass is 32.2. The predicted molar refractivity (Wildman–Crippen MR) is 85.7 cm³/mol. The molecule has 0 aromatic heterocycles. The summed E-state index contributed by atoms with van der Waals surface area (Å²) < 4.78 is 0. The van der Waals surface area contributed by atoms with E-state index in [9.17, 15) is 9.90 Å². The van der Waals surface area contributed by atoms with Crippen molar-refractivity contribution in [2.75, 3.05) is 5.75 Å². The van der Waals surface area contributed by atoms with Crippen molar-refractivity contribution < 1.29 is 9.90 Å². The van der Waals surface area contributed by atoms with Crippen molar-refractivity contribution in [2.24, 2.45) is 5.92 Å². The highest BCUT2D eigenvalue weighted by molar-refractivity contribution is 8.00. The zero-order valence-corrected chi connectivity index (χ0v) is 12.3. The number of hydrogen-bond acceptors (Lipinski definition) is 2. The van der Waals surface area contributed by atoms with Gasteiger partial charge in [-0.25, -0.2) is 0 Å². The predicted octanol–water partition coefficient (Wildman–Crippen LogP) is 4.01. The first-order valence-corrected chi connectivity index (χ1v) is 8.35. The number of carbonyl (C=O) groups is 1. The summed E-state index contributed by atoms with van der Waals surface area (Å²) in [5, 5.41) is 9.67. The van der Waals surface area contributed by atoms with E-state index in [-0.39, 0.29) is 17.1 Å². The lowest BCUT2D eigenvalue weighted by Crippen LogP contribution is -2.26.